The normalized spacial score (nSPS) is 11.9. The second kappa shape index (κ2) is 5.84. The molecule has 0 unspecified atom stereocenters. The highest BCUT2D eigenvalue weighted by molar-refractivity contribution is 5.96. The van der Waals surface area contributed by atoms with Crippen molar-refractivity contribution in [2.45, 2.75) is 26.4 Å². The summed E-state index contributed by atoms with van der Waals surface area (Å²) < 4.78 is 1.89. The van der Waals surface area contributed by atoms with Crippen LogP contribution < -0.4 is 11.1 Å². The van der Waals surface area contributed by atoms with E-state index in [-0.39, 0.29) is 18.3 Å². The summed E-state index contributed by atoms with van der Waals surface area (Å²) in [6.07, 6.45) is 1.82. The molecule has 3 N–H and O–H groups in total. The maximum atomic E-state index is 11.5. The number of nitrogens with two attached hydrogens (primary N) is 1. The number of halogens is 1. The monoisotopic (exact) mass is 268 g/mol. The van der Waals surface area contributed by atoms with Gasteiger partial charge in [-0.1, -0.05) is 0 Å². The summed E-state index contributed by atoms with van der Waals surface area (Å²) in [5.41, 5.74) is 7.26. The molecule has 0 fully saturated rings. The fourth-order valence-electron chi connectivity index (χ4n) is 1.66. The summed E-state index contributed by atoms with van der Waals surface area (Å²) >= 11 is 0. The first-order chi connectivity index (χ1) is 8.11. The van der Waals surface area contributed by atoms with Gasteiger partial charge in [0.1, 0.15) is 0 Å². The van der Waals surface area contributed by atoms with Crippen molar-refractivity contribution < 1.29 is 4.79 Å². The average molecular weight is 269 g/mol. The third kappa shape index (κ3) is 2.80. The molecule has 0 bridgehead atoms. The lowest BCUT2D eigenvalue weighted by atomic mass is 10.2. The molecule has 0 aliphatic rings. The van der Waals surface area contributed by atoms with Crippen LogP contribution in [0.3, 0.4) is 0 Å². The van der Waals surface area contributed by atoms with Crippen LogP contribution in [-0.2, 0) is 11.3 Å². The third-order valence-corrected chi connectivity index (χ3v) is 2.63. The van der Waals surface area contributed by atoms with Gasteiger partial charge in [-0.2, -0.15) is 5.10 Å². The van der Waals surface area contributed by atoms with Crippen LogP contribution in [0.2, 0.25) is 0 Å². The maximum absolute atomic E-state index is 11.5. The van der Waals surface area contributed by atoms with Gasteiger partial charge in [-0.15, -0.1) is 12.4 Å². The van der Waals surface area contributed by atoms with Crippen LogP contribution in [0, 0.1) is 0 Å². The second-order valence-electron chi connectivity index (χ2n) is 4.01. The molecule has 0 aliphatic carbocycles. The van der Waals surface area contributed by atoms with Gasteiger partial charge in [-0.25, -0.2) is 0 Å². The van der Waals surface area contributed by atoms with E-state index in [2.05, 4.69) is 10.4 Å². The van der Waals surface area contributed by atoms with Crippen molar-refractivity contribution in [1.29, 1.82) is 0 Å². The van der Waals surface area contributed by atoms with E-state index in [1.165, 1.54) is 0 Å². The second-order valence-corrected chi connectivity index (χ2v) is 4.01. The highest BCUT2D eigenvalue weighted by Gasteiger charge is 2.08. The Hall–Kier alpha value is -1.59. The first kappa shape index (κ1) is 14.5. The zero-order chi connectivity index (χ0) is 12.4. The number of nitrogens with one attached hydrogen (secondary N) is 1. The number of aryl methyl sites for hydroxylation is 1. The van der Waals surface area contributed by atoms with E-state index in [4.69, 9.17) is 5.73 Å². The van der Waals surface area contributed by atoms with Crippen LogP contribution in [0.4, 0.5) is 5.69 Å². The molecule has 0 aliphatic heterocycles. The standard InChI is InChI=1S/C12H16N4O.ClH/c1-3-16-11-6-10(15-12(17)8(2)13)5-4-9(11)7-14-16;/h4-8H,3,13H2,1-2H3,(H,15,17);1H/t8-;/m1./s1. The number of anilines is 1. The Morgan fingerprint density at radius 1 is 1.56 bits per heavy atom. The zero-order valence-electron chi connectivity index (χ0n) is 10.4. The predicted molar refractivity (Wildman–Crippen MR) is 74.9 cm³/mol. The first-order valence-electron chi connectivity index (χ1n) is 5.64. The Bertz CT molecular complexity index is 550. The van der Waals surface area contributed by atoms with Gasteiger partial charge in [0.15, 0.2) is 0 Å². The minimum Gasteiger partial charge on any atom is -0.325 e. The molecule has 0 spiro atoms. The Morgan fingerprint density at radius 3 is 2.89 bits per heavy atom. The number of carbonyl (C=O) groups excluding carboxylic acids is 1. The van der Waals surface area contributed by atoms with E-state index in [1.807, 2.05) is 36.0 Å². The van der Waals surface area contributed by atoms with Gasteiger partial charge in [0.05, 0.1) is 17.8 Å². The van der Waals surface area contributed by atoms with Crippen molar-refractivity contribution in [3.8, 4) is 0 Å². The Morgan fingerprint density at radius 2 is 2.28 bits per heavy atom. The van der Waals surface area contributed by atoms with Gasteiger partial charge in [0.2, 0.25) is 5.91 Å². The van der Waals surface area contributed by atoms with E-state index in [0.717, 1.165) is 23.1 Å². The van der Waals surface area contributed by atoms with Crippen LogP contribution in [0.5, 0.6) is 0 Å². The van der Waals surface area contributed by atoms with E-state index >= 15 is 0 Å². The number of hydrogen-bond donors (Lipinski definition) is 2. The van der Waals surface area contributed by atoms with Crippen molar-refractivity contribution in [2.24, 2.45) is 5.73 Å². The predicted octanol–water partition coefficient (Wildman–Crippen LogP) is 1.76. The minimum absolute atomic E-state index is 0. The molecule has 1 aromatic heterocycles. The van der Waals surface area contributed by atoms with E-state index in [0.29, 0.717) is 0 Å². The summed E-state index contributed by atoms with van der Waals surface area (Å²) in [6, 6.07) is 5.18. The van der Waals surface area contributed by atoms with Gasteiger partial charge in [0, 0.05) is 17.6 Å². The van der Waals surface area contributed by atoms with Crippen molar-refractivity contribution in [1.82, 2.24) is 9.78 Å². The van der Waals surface area contributed by atoms with Gasteiger partial charge < -0.3 is 11.1 Å². The number of hydrogen-bond acceptors (Lipinski definition) is 3. The Kier molecular flexibility index (Phi) is 4.69. The number of amides is 1. The largest absolute Gasteiger partial charge is 0.325 e. The minimum atomic E-state index is -0.512. The van der Waals surface area contributed by atoms with E-state index in [1.54, 1.807) is 6.92 Å². The quantitative estimate of drug-likeness (QED) is 0.891. The lowest BCUT2D eigenvalue weighted by molar-refractivity contribution is -0.117. The summed E-state index contributed by atoms with van der Waals surface area (Å²) in [4.78, 5) is 11.5. The van der Waals surface area contributed by atoms with Gasteiger partial charge in [-0.05, 0) is 32.0 Å². The van der Waals surface area contributed by atoms with Crippen LogP contribution >= 0.6 is 12.4 Å². The van der Waals surface area contributed by atoms with E-state index in [9.17, 15) is 4.79 Å². The molecule has 6 heteroatoms. The summed E-state index contributed by atoms with van der Waals surface area (Å²) in [7, 11) is 0. The van der Waals surface area contributed by atoms with E-state index < -0.39 is 6.04 Å². The van der Waals surface area contributed by atoms with Crippen LogP contribution in [0.25, 0.3) is 10.9 Å². The van der Waals surface area contributed by atoms with Crippen LogP contribution in [-0.4, -0.2) is 21.7 Å². The van der Waals surface area contributed by atoms with Crippen LogP contribution in [0.1, 0.15) is 13.8 Å². The topological polar surface area (TPSA) is 72.9 Å². The zero-order valence-corrected chi connectivity index (χ0v) is 11.2. The molecule has 1 amide bonds. The molecule has 1 atom stereocenters. The first-order valence-corrected chi connectivity index (χ1v) is 5.64. The highest BCUT2D eigenvalue weighted by atomic mass is 35.5. The molecule has 2 aromatic rings. The molecule has 5 nitrogen and oxygen atoms in total. The Labute approximate surface area is 112 Å². The molecule has 1 aromatic carbocycles. The number of aromatic nitrogens is 2. The SMILES string of the molecule is CCn1ncc2ccc(NC(=O)[C@@H](C)N)cc21.Cl. The Balaban J connectivity index is 0.00000162. The number of benzene rings is 1. The summed E-state index contributed by atoms with van der Waals surface area (Å²) in [5.74, 6) is -0.188. The number of nitrogens with zero attached hydrogens (tertiary/aromatic N) is 2. The lowest BCUT2D eigenvalue weighted by Gasteiger charge is -2.08. The fraction of sp³-hybridized carbons (Fsp3) is 0.333. The number of rotatable bonds is 3. The third-order valence-electron chi connectivity index (χ3n) is 2.63. The van der Waals surface area contributed by atoms with Crippen molar-refractivity contribution in [2.75, 3.05) is 5.32 Å². The smallest absolute Gasteiger partial charge is 0.240 e. The van der Waals surface area contributed by atoms with Gasteiger partial charge >= 0.3 is 0 Å². The molecule has 98 valence electrons. The van der Waals surface area contributed by atoms with Crippen molar-refractivity contribution in [3.05, 3.63) is 24.4 Å². The van der Waals surface area contributed by atoms with Crippen LogP contribution in [0.15, 0.2) is 24.4 Å². The van der Waals surface area contributed by atoms with Gasteiger partial charge in [-0.3, -0.25) is 9.48 Å². The molecular formula is C12H17ClN4O. The molecule has 1 heterocycles. The highest BCUT2D eigenvalue weighted by Crippen LogP contribution is 2.19. The fourth-order valence-corrected chi connectivity index (χ4v) is 1.66. The average Bonchev–Trinajstić information content (AvgIpc) is 2.71. The van der Waals surface area contributed by atoms with Crippen molar-refractivity contribution >= 4 is 34.9 Å². The van der Waals surface area contributed by atoms with Crippen molar-refractivity contribution in [3.63, 3.8) is 0 Å². The lowest BCUT2D eigenvalue weighted by Crippen LogP contribution is -2.32. The molecule has 0 saturated heterocycles. The molecule has 2 rings (SSSR count). The summed E-state index contributed by atoms with van der Waals surface area (Å²) in [5, 5.41) is 8.08. The number of fused-ring (bicyclic) bond motifs is 1. The maximum Gasteiger partial charge on any atom is 0.240 e. The summed E-state index contributed by atoms with van der Waals surface area (Å²) in [6.45, 7) is 4.48. The molecule has 0 radical (unpaired) electrons. The number of carbonyl (C=O) groups is 1. The molecule has 18 heavy (non-hydrogen) atoms. The molecular weight excluding hydrogens is 252 g/mol. The van der Waals surface area contributed by atoms with Gasteiger partial charge in [0.25, 0.3) is 0 Å². The molecule has 0 saturated carbocycles.